The fourth-order valence-corrected chi connectivity index (χ4v) is 1.48. The first-order valence-corrected chi connectivity index (χ1v) is 5.48. The molecule has 0 aliphatic heterocycles. The Kier molecular flexibility index (Phi) is 3.72. The fourth-order valence-electron chi connectivity index (χ4n) is 1.48. The first-order chi connectivity index (χ1) is 8.78. The van der Waals surface area contributed by atoms with Crippen molar-refractivity contribution in [3.05, 3.63) is 42.2 Å². The molecular weight excluding hydrogens is 228 g/mol. The van der Waals surface area contributed by atoms with E-state index in [0.29, 0.717) is 18.7 Å². The number of hydrogen-bond acceptors (Lipinski definition) is 3. The number of amides is 1. The number of carbonyl (C=O) groups excluding carboxylic acids is 1. The molecule has 2 rings (SSSR count). The predicted molar refractivity (Wildman–Crippen MR) is 67.6 cm³/mol. The number of anilines is 1. The summed E-state index contributed by atoms with van der Waals surface area (Å²) in [6, 6.07) is 7.18. The monoisotopic (exact) mass is 240 g/mol. The molecule has 0 radical (unpaired) electrons. The minimum Gasteiger partial charge on any atom is -0.326 e. The fraction of sp³-hybridized carbons (Fsp3) is 0.154. The van der Waals surface area contributed by atoms with Crippen LogP contribution in [-0.4, -0.2) is 20.9 Å². The molecule has 0 aliphatic rings. The van der Waals surface area contributed by atoms with Crippen molar-refractivity contribution < 1.29 is 4.79 Å². The van der Waals surface area contributed by atoms with E-state index in [1.54, 1.807) is 29.2 Å². The smallest absolute Gasteiger partial charge is 0.226 e. The van der Waals surface area contributed by atoms with Crippen molar-refractivity contribution in [2.75, 3.05) is 5.32 Å². The zero-order chi connectivity index (χ0) is 12.8. The molecule has 1 aromatic heterocycles. The molecule has 0 fully saturated rings. The molecule has 0 bridgehead atoms. The van der Waals surface area contributed by atoms with Gasteiger partial charge in [0, 0.05) is 23.9 Å². The molecule has 0 saturated carbocycles. The maximum Gasteiger partial charge on any atom is 0.226 e. The first kappa shape index (κ1) is 11.9. The normalized spacial score (nSPS) is 9.72. The van der Waals surface area contributed by atoms with E-state index in [1.165, 1.54) is 0 Å². The van der Waals surface area contributed by atoms with Crippen LogP contribution in [-0.2, 0) is 11.3 Å². The van der Waals surface area contributed by atoms with Crippen LogP contribution in [0.3, 0.4) is 0 Å². The van der Waals surface area contributed by atoms with Crippen molar-refractivity contribution in [2.45, 2.75) is 13.0 Å². The van der Waals surface area contributed by atoms with Crippen LogP contribution in [0.15, 0.2) is 36.7 Å². The van der Waals surface area contributed by atoms with Gasteiger partial charge in [-0.15, -0.1) is 11.5 Å². The van der Waals surface area contributed by atoms with Crippen LogP contribution in [0.25, 0.3) is 0 Å². The van der Waals surface area contributed by atoms with Gasteiger partial charge in [-0.3, -0.25) is 9.48 Å². The summed E-state index contributed by atoms with van der Waals surface area (Å²) in [5.41, 5.74) is 1.44. The molecule has 1 amide bonds. The molecule has 0 spiro atoms. The summed E-state index contributed by atoms with van der Waals surface area (Å²) in [5, 5.41) is 10.2. The van der Waals surface area contributed by atoms with Crippen LogP contribution in [0.1, 0.15) is 12.0 Å². The Morgan fingerprint density at radius 1 is 1.50 bits per heavy atom. The molecule has 0 atom stereocenters. The highest BCUT2D eigenvalue weighted by Gasteiger charge is 2.03. The van der Waals surface area contributed by atoms with Gasteiger partial charge >= 0.3 is 0 Å². The minimum absolute atomic E-state index is 0.0836. The summed E-state index contributed by atoms with van der Waals surface area (Å²) in [5.74, 6) is 2.44. The van der Waals surface area contributed by atoms with E-state index in [0.717, 1.165) is 5.56 Å². The average molecular weight is 240 g/mol. The van der Waals surface area contributed by atoms with E-state index >= 15 is 0 Å². The first-order valence-electron chi connectivity index (χ1n) is 5.48. The zero-order valence-electron chi connectivity index (χ0n) is 9.71. The van der Waals surface area contributed by atoms with Crippen molar-refractivity contribution in [3.63, 3.8) is 0 Å². The Bertz CT molecular complexity index is 569. The Morgan fingerprint density at radius 3 is 3.11 bits per heavy atom. The number of terminal acetylenes is 1. The van der Waals surface area contributed by atoms with Gasteiger partial charge in [-0.1, -0.05) is 17.2 Å². The van der Waals surface area contributed by atoms with Crippen LogP contribution in [0.4, 0.5) is 5.69 Å². The van der Waals surface area contributed by atoms with Crippen molar-refractivity contribution in [3.8, 4) is 12.3 Å². The number of carbonyl (C=O) groups is 1. The van der Waals surface area contributed by atoms with Gasteiger partial charge in [0.15, 0.2) is 0 Å². The van der Waals surface area contributed by atoms with Crippen molar-refractivity contribution in [1.82, 2.24) is 15.0 Å². The lowest BCUT2D eigenvalue weighted by Crippen LogP contribution is -2.14. The lowest BCUT2D eigenvalue weighted by atomic mass is 10.2. The molecule has 0 aliphatic carbocycles. The summed E-state index contributed by atoms with van der Waals surface area (Å²) >= 11 is 0. The van der Waals surface area contributed by atoms with E-state index in [4.69, 9.17) is 6.42 Å². The van der Waals surface area contributed by atoms with E-state index in [9.17, 15) is 4.79 Å². The molecular formula is C13H12N4O. The van der Waals surface area contributed by atoms with E-state index < -0.39 is 0 Å². The van der Waals surface area contributed by atoms with Crippen LogP contribution >= 0.6 is 0 Å². The van der Waals surface area contributed by atoms with E-state index in [1.807, 2.05) is 12.1 Å². The Morgan fingerprint density at radius 2 is 2.39 bits per heavy atom. The van der Waals surface area contributed by atoms with Crippen molar-refractivity contribution in [2.24, 2.45) is 0 Å². The molecule has 1 N–H and O–H groups in total. The number of rotatable bonds is 4. The number of aromatic nitrogens is 3. The molecule has 5 heteroatoms. The standard InChI is InChI=1S/C13H12N4O/c1-2-11-4-3-5-12(10-11)15-13(18)6-8-17-9-7-14-16-17/h1,3-5,7,9-10H,6,8H2,(H,15,18). The van der Waals surface area contributed by atoms with Gasteiger partial charge in [-0.05, 0) is 18.2 Å². The minimum atomic E-state index is -0.0836. The maximum atomic E-state index is 11.7. The maximum absolute atomic E-state index is 11.7. The molecule has 0 saturated heterocycles. The van der Waals surface area contributed by atoms with Gasteiger partial charge in [-0.2, -0.15) is 0 Å². The zero-order valence-corrected chi connectivity index (χ0v) is 9.71. The van der Waals surface area contributed by atoms with E-state index in [-0.39, 0.29) is 5.91 Å². The molecule has 1 aromatic carbocycles. The van der Waals surface area contributed by atoms with E-state index in [2.05, 4.69) is 21.5 Å². The number of aryl methyl sites for hydroxylation is 1. The lowest BCUT2D eigenvalue weighted by Gasteiger charge is -2.05. The van der Waals surface area contributed by atoms with Gasteiger partial charge in [0.25, 0.3) is 0 Å². The van der Waals surface area contributed by atoms with Gasteiger partial charge in [0.05, 0.1) is 12.7 Å². The van der Waals surface area contributed by atoms with Gasteiger partial charge in [-0.25, -0.2) is 0 Å². The summed E-state index contributed by atoms with van der Waals surface area (Å²) in [6.45, 7) is 0.501. The van der Waals surface area contributed by atoms with Crippen molar-refractivity contribution >= 4 is 11.6 Å². The van der Waals surface area contributed by atoms with Crippen molar-refractivity contribution in [1.29, 1.82) is 0 Å². The summed E-state index contributed by atoms with van der Waals surface area (Å²) in [4.78, 5) is 11.7. The number of benzene rings is 1. The van der Waals surface area contributed by atoms with Crippen LogP contribution in [0.2, 0.25) is 0 Å². The largest absolute Gasteiger partial charge is 0.326 e. The summed E-state index contributed by atoms with van der Waals surface area (Å²) in [7, 11) is 0. The van der Waals surface area contributed by atoms with Gasteiger partial charge in [0.1, 0.15) is 0 Å². The van der Waals surface area contributed by atoms with Gasteiger partial charge < -0.3 is 5.32 Å². The van der Waals surface area contributed by atoms with Crippen LogP contribution in [0.5, 0.6) is 0 Å². The molecule has 5 nitrogen and oxygen atoms in total. The van der Waals surface area contributed by atoms with Crippen LogP contribution < -0.4 is 5.32 Å². The highest BCUT2D eigenvalue weighted by atomic mass is 16.1. The highest BCUT2D eigenvalue weighted by Crippen LogP contribution is 2.10. The number of nitrogens with one attached hydrogen (secondary N) is 1. The predicted octanol–water partition coefficient (Wildman–Crippen LogP) is 1.29. The Balaban J connectivity index is 1.89. The third-order valence-electron chi connectivity index (χ3n) is 2.35. The molecule has 2 aromatic rings. The molecule has 90 valence electrons. The summed E-state index contributed by atoms with van der Waals surface area (Å²) < 4.78 is 1.61. The van der Waals surface area contributed by atoms with Gasteiger partial charge in [0.2, 0.25) is 5.91 Å². The SMILES string of the molecule is C#Cc1cccc(NC(=O)CCn2ccnn2)c1. The third-order valence-corrected chi connectivity index (χ3v) is 2.35. The van der Waals surface area contributed by atoms with Crippen LogP contribution in [0, 0.1) is 12.3 Å². The molecule has 18 heavy (non-hydrogen) atoms. The molecule has 0 unspecified atom stereocenters. The highest BCUT2D eigenvalue weighted by molar-refractivity contribution is 5.90. The quantitative estimate of drug-likeness (QED) is 0.819. The topological polar surface area (TPSA) is 59.8 Å². The third kappa shape index (κ3) is 3.19. The summed E-state index contributed by atoms with van der Waals surface area (Å²) in [6.07, 6.45) is 8.92. The lowest BCUT2D eigenvalue weighted by molar-refractivity contribution is -0.116. The second kappa shape index (κ2) is 5.64. The number of nitrogens with zero attached hydrogens (tertiary/aromatic N) is 3. The second-order valence-corrected chi connectivity index (χ2v) is 3.69. The average Bonchev–Trinajstić information content (AvgIpc) is 2.90. The Labute approximate surface area is 105 Å². The molecule has 1 heterocycles. The number of hydrogen-bond donors (Lipinski definition) is 1. The second-order valence-electron chi connectivity index (χ2n) is 3.69. The Hall–Kier alpha value is -2.61.